The molecule has 0 radical (unpaired) electrons. The molecule has 7 unspecified atom stereocenters. The van der Waals surface area contributed by atoms with Crippen LogP contribution in [0.15, 0.2) is 17.7 Å². The second-order valence-corrected chi connectivity index (χ2v) is 6.38. The average molecular weight is 230 g/mol. The summed E-state index contributed by atoms with van der Waals surface area (Å²) in [6.45, 7) is 2.10. The molecule has 0 heterocycles. The summed E-state index contributed by atoms with van der Waals surface area (Å²) in [6, 6.07) is 0. The van der Waals surface area contributed by atoms with Gasteiger partial charge in [-0.05, 0) is 55.3 Å². The number of allylic oxidation sites excluding steroid dienone is 2. The highest BCUT2D eigenvalue weighted by Crippen LogP contribution is 2.69. The second-order valence-electron chi connectivity index (χ2n) is 6.38. The zero-order valence-corrected chi connectivity index (χ0v) is 10.3. The van der Waals surface area contributed by atoms with Crippen LogP contribution in [0, 0.1) is 35.5 Å². The molecule has 4 aliphatic rings. The molecule has 0 aromatic heterocycles. The lowest BCUT2D eigenvalue weighted by Crippen LogP contribution is -2.45. The topological polar surface area (TPSA) is 26.3 Å². The van der Waals surface area contributed by atoms with Gasteiger partial charge < -0.3 is 4.74 Å². The summed E-state index contributed by atoms with van der Waals surface area (Å²) in [5, 5.41) is 0. The van der Waals surface area contributed by atoms with E-state index in [2.05, 4.69) is 25.0 Å². The fourth-order valence-corrected chi connectivity index (χ4v) is 5.53. The molecule has 4 rings (SSSR count). The summed E-state index contributed by atoms with van der Waals surface area (Å²) in [5.41, 5.74) is 0.596. The standard InChI is InChI=1S/C15H18O2/c1-15(17-2)11-6-10(12(15)7-16)13-8-3-4-9(5-8)14(11)13/h3-4,8-11,13-14H,5-6H2,1-2H3. The van der Waals surface area contributed by atoms with E-state index in [9.17, 15) is 4.79 Å². The van der Waals surface area contributed by atoms with Gasteiger partial charge in [0.15, 0.2) is 0 Å². The van der Waals surface area contributed by atoms with Crippen LogP contribution in [0.4, 0.5) is 0 Å². The molecule has 0 aromatic carbocycles. The number of fused-ring (bicyclic) bond motifs is 9. The largest absolute Gasteiger partial charge is 0.373 e. The van der Waals surface area contributed by atoms with Crippen molar-refractivity contribution >= 4 is 5.94 Å². The summed E-state index contributed by atoms with van der Waals surface area (Å²) in [4.78, 5) is 11.3. The zero-order valence-electron chi connectivity index (χ0n) is 10.3. The summed E-state index contributed by atoms with van der Waals surface area (Å²) in [6.07, 6.45) is 7.26. The van der Waals surface area contributed by atoms with Crippen LogP contribution in [-0.4, -0.2) is 18.7 Å². The fourth-order valence-electron chi connectivity index (χ4n) is 5.53. The summed E-state index contributed by atoms with van der Waals surface area (Å²) >= 11 is 0. The Morgan fingerprint density at radius 1 is 1.29 bits per heavy atom. The lowest BCUT2D eigenvalue weighted by atomic mass is 9.66. The average Bonchev–Trinajstić information content (AvgIpc) is 3.05. The molecule has 17 heavy (non-hydrogen) atoms. The van der Waals surface area contributed by atoms with Gasteiger partial charge in [-0.15, -0.1) is 0 Å². The van der Waals surface area contributed by atoms with E-state index in [4.69, 9.17) is 4.74 Å². The van der Waals surface area contributed by atoms with E-state index < -0.39 is 0 Å². The fraction of sp³-hybridized carbons (Fsp3) is 0.733. The number of hydrogen-bond acceptors (Lipinski definition) is 2. The van der Waals surface area contributed by atoms with E-state index in [1.807, 2.05) is 0 Å². The van der Waals surface area contributed by atoms with Crippen molar-refractivity contribution in [2.45, 2.75) is 25.4 Å². The minimum atomic E-state index is -0.327. The highest BCUT2D eigenvalue weighted by molar-refractivity contribution is 5.61. The molecular weight excluding hydrogens is 212 g/mol. The lowest BCUT2D eigenvalue weighted by molar-refractivity contribution is -0.0347. The van der Waals surface area contributed by atoms with Gasteiger partial charge in [0.1, 0.15) is 5.94 Å². The Balaban J connectivity index is 1.84. The highest BCUT2D eigenvalue weighted by Gasteiger charge is 2.67. The predicted octanol–water partition coefficient (Wildman–Crippen LogP) is 2.24. The van der Waals surface area contributed by atoms with E-state index in [1.54, 1.807) is 7.11 Å². The maximum absolute atomic E-state index is 11.3. The number of ether oxygens (including phenoxy) is 1. The first-order valence-corrected chi connectivity index (χ1v) is 6.69. The zero-order chi connectivity index (χ0) is 11.8. The highest BCUT2D eigenvalue weighted by atomic mass is 16.5. The summed E-state index contributed by atoms with van der Waals surface area (Å²) in [7, 11) is 1.75. The van der Waals surface area contributed by atoms with Gasteiger partial charge in [0.25, 0.3) is 0 Å². The van der Waals surface area contributed by atoms with Crippen molar-refractivity contribution in [3.63, 3.8) is 0 Å². The molecule has 90 valence electrons. The second kappa shape index (κ2) is 2.93. The molecule has 0 spiro atoms. The Kier molecular flexibility index (Phi) is 1.74. The van der Waals surface area contributed by atoms with Crippen molar-refractivity contribution in [2.24, 2.45) is 35.5 Å². The Labute approximate surface area is 102 Å². The van der Waals surface area contributed by atoms with E-state index in [0.29, 0.717) is 11.8 Å². The van der Waals surface area contributed by atoms with Crippen molar-refractivity contribution in [1.29, 1.82) is 0 Å². The molecule has 4 aliphatic carbocycles. The normalized spacial score (nSPS) is 57.6. The SMILES string of the molecule is COC1(C)C(=C=O)C2CC1C1C3C=CC(C3)C21. The van der Waals surface area contributed by atoms with Crippen LogP contribution < -0.4 is 0 Å². The van der Waals surface area contributed by atoms with Gasteiger partial charge in [-0.1, -0.05) is 12.2 Å². The first-order chi connectivity index (χ1) is 8.20. The van der Waals surface area contributed by atoms with Crippen molar-refractivity contribution in [2.75, 3.05) is 7.11 Å². The van der Waals surface area contributed by atoms with Crippen LogP contribution in [0.1, 0.15) is 19.8 Å². The van der Waals surface area contributed by atoms with Crippen molar-refractivity contribution in [3.8, 4) is 0 Å². The number of carbonyl (C=O) groups excluding carboxylic acids is 1. The lowest BCUT2D eigenvalue weighted by Gasteiger charge is -2.42. The van der Waals surface area contributed by atoms with Gasteiger partial charge >= 0.3 is 0 Å². The van der Waals surface area contributed by atoms with E-state index in [1.165, 1.54) is 6.42 Å². The molecule has 0 amide bonds. The molecule has 2 heteroatoms. The Bertz CT molecular complexity index is 460. The summed E-state index contributed by atoms with van der Waals surface area (Å²) in [5.74, 6) is 6.18. The van der Waals surface area contributed by atoms with Gasteiger partial charge in [0, 0.05) is 12.7 Å². The molecule has 2 nitrogen and oxygen atoms in total. The quantitative estimate of drug-likeness (QED) is 0.392. The number of methoxy groups -OCH3 is 1. The maximum Gasteiger partial charge on any atom is 0.126 e. The van der Waals surface area contributed by atoms with Gasteiger partial charge in [-0.3, -0.25) is 0 Å². The monoisotopic (exact) mass is 230 g/mol. The first kappa shape index (κ1) is 10.1. The van der Waals surface area contributed by atoms with Gasteiger partial charge in [0.05, 0.1) is 5.60 Å². The van der Waals surface area contributed by atoms with Crippen molar-refractivity contribution < 1.29 is 9.53 Å². The number of rotatable bonds is 1. The molecule has 0 saturated heterocycles. The van der Waals surface area contributed by atoms with Crippen molar-refractivity contribution in [3.05, 3.63) is 17.7 Å². The molecule has 3 saturated carbocycles. The van der Waals surface area contributed by atoms with E-state index in [0.717, 1.165) is 35.7 Å². The first-order valence-electron chi connectivity index (χ1n) is 6.69. The molecule has 0 aliphatic heterocycles. The molecule has 4 bridgehead atoms. The summed E-state index contributed by atoms with van der Waals surface area (Å²) < 4.78 is 5.73. The van der Waals surface area contributed by atoms with Crippen LogP contribution in [0.3, 0.4) is 0 Å². The van der Waals surface area contributed by atoms with Crippen LogP contribution >= 0.6 is 0 Å². The molecular formula is C15H18O2. The van der Waals surface area contributed by atoms with Gasteiger partial charge in [0.2, 0.25) is 0 Å². The van der Waals surface area contributed by atoms with Gasteiger partial charge in [-0.25, -0.2) is 4.79 Å². The van der Waals surface area contributed by atoms with Gasteiger partial charge in [-0.2, -0.15) is 0 Å². The Morgan fingerprint density at radius 2 is 2.00 bits per heavy atom. The number of hydrogen-bond donors (Lipinski definition) is 0. The molecule has 0 aromatic rings. The molecule has 3 fully saturated rings. The van der Waals surface area contributed by atoms with E-state index >= 15 is 0 Å². The van der Waals surface area contributed by atoms with Crippen molar-refractivity contribution in [1.82, 2.24) is 0 Å². The third-order valence-electron chi connectivity index (χ3n) is 6.17. The Hall–Kier alpha value is -0.850. The third-order valence-corrected chi connectivity index (χ3v) is 6.17. The maximum atomic E-state index is 11.3. The minimum absolute atomic E-state index is 0.327. The molecule has 7 atom stereocenters. The minimum Gasteiger partial charge on any atom is -0.373 e. The van der Waals surface area contributed by atoms with Crippen LogP contribution in [0.5, 0.6) is 0 Å². The smallest absolute Gasteiger partial charge is 0.126 e. The Morgan fingerprint density at radius 3 is 2.65 bits per heavy atom. The van der Waals surface area contributed by atoms with Crippen LogP contribution in [-0.2, 0) is 9.53 Å². The van der Waals surface area contributed by atoms with Crippen LogP contribution in [0.2, 0.25) is 0 Å². The van der Waals surface area contributed by atoms with E-state index in [-0.39, 0.29) is 5.60 Å². The third kappa shape index (κ3) is 0.927. The van der Waals surface area contributed by atoms with Crippen LogP contribution in [0.25, 0.3) is 0 Å². The molecule has 0 N–H and O–H groups in total. The predicted molar refractivity (Wildman–Crippen MR) is 63.9 cm³/mol.